The second-order valence-corrected chi connectivity index (χ2v) is 7.41. The lowest BCUT2D eigenvalue weighted by atomic mass is 10.1. The average molecular weight is 421 g/mol. The summed E-state index contributed by atoms with van der Waals surface area (Å²) in [6.45, 7) is 3.92. The number of unbranched alkanes of at least 4 members (excludes halogenated alkanes) is 2. The van der Waals surface area contributed by atoms with Gasteiger partial charge in [0.2, 0.25) is 0 Å². The van der Waals surface area contributed by atoms with Gasteiger partial charge in [-0.3, -0.25) is 9.59 Å². The standard InChI is InChI=1S/C24H27N3O4/c1-3-4-10-15-27-23(29)20-14-9-8-13-19(20)22(26-27)24(30)31-16-21(28)25-17(2)18-11-6-5-7-12-18/h5-9,11-14,17H,3-4,10,15-16H2,1-2H3,(H,25,28)/t17-/m0/s1. The van der Waals surface area contributed by atoms with Gasteiger partial charge in [0.15, 0.2) is 12.3 Å². The molecule has 0 radical (unpaired) electrons. The van der Waals surface area contributed by atoms with E-state index in [2.05, 4.69) is 17.3 Å². The van der Waals surface area contributed by atoms with Gasteiger partial charge in [0.1, 0.15) is 0 Å². The van der Waals surface area contributed by atoms with E-state index in [-0.39, 0.29) is 17.3 Å². The van der Waals surface area contributed by atoms with Crippen molar-refractivity contribution in [1.29, 1.82) is 0 Å². The molecule has 0 aliphatic heterocycles. The van der Waals surface area contributed by atoms with Crippen LogP contribution in [0.4, 0.5) is 0 Å². The van der Waals surface area contributed by atoms with Crippen molar-refractivity contribution < 1.29 is 14.3 Å². The quantitative estimate of drug-likeness (QED) is 0.421. The number of benzene rings is 2. The van der Waals surface area contributed by atoms with E-state index in [1.54, 1.807) is 24.3 Å². The molecule has 162 valence electrons. The zero-order valence-corrected chi connectivity index (χ0v) is 17.8. The molecule has 0 saturated carbocycles. The maximum Gasteiger partial charge on any atom is 0.359 e. The van der Waals surface area contributed by atoms with Crippen molar-refractivity contribution in [1.82, 2.24) is 15.1 Å². The summed E-state index contributed by atoms with van der Waals surface area (Å²) in [5.74, 6) is -1.15. The number of nitrogens with one attached hydrogen (secondary N) is 1. The zero-order valence-electron chi connectivity index (χ0n) is 17.8. The van der Waals surface area contributed by atoms with Crippen LogP contribution in [0.3, 0.4) is 0 Å². The van der Waals surface area contributed by atoms with Crippen molar-refractivity contribution in [3.05, 3.63) is 76.2 Å². The summed E-state index contributed by atoms with van der Waals surface area (Å²) in [7, 11) is 0. The maximum atomic E-state index is 12.7. The summed E-state index contributed by atoms with van der Waals surface area (Å²) in [5.41, 5.74) is 0.752. The minimum Gasteiger partial charge on any atom is -0.451 e. The molecule has 0 bridgehead atoms. The third kappa shape index (κ3) is 5.57. The molecule has 2 aromatic carbocycles. The first-order valence-corrected chi connectivity index (χ1v) is 10.5. The lowest BCUT2D eigenvalue weighted by Gasteiger charge is -2.14. The van der Waals surface area contributed by atoms with Gasteiger partial charge in [0, 0.05) is 11.9 Å². The topological polar surface area (TPSA) is 90.3 Å². The summed E-state index contributed by atoms with van der Waals surface area (Å²) in [5, 5.41) is 7.88. The summed E-state index contributed by atoms with van der Waals surface area (Å²) in [6.07, 6.45) is 2.75. The van der Waals surface area contributed by atoms with Crippen LogP contribution in [-0.4, -0.2) is 28.3 Å². The van der Waals surface area contributed by atoms with Crippen LogP contribution in [0.2, 0.25) is 0 Å². The maximum absolute atomic E-state index is 12.7. The fraction of sp³-hybridized carbons (Fsp3) is 0.333. The van der Waals surface area contributed by atoms with Crippen LogP contribution < -0.4 is 10.9 Å². The Morgan fingerprint density at radius 3 is 2.42 bits per heavy atom. The van der Waals surface area contributed by atoms with Crippen molar-refractivity contribution >= 4 is 22.6 Å². The molecular formula is C24H27N3O4. The van der Waals surface area contributed by atoms with Gasteiger partial charge in [0.05, 0.1) is 11.4 Å². The highest BCUT2D eigenvalue weighted by Gasteiger charge is 2.19. The third-order valence-corrected chi connectivity index (χ3v) is 5.05. The fourth-order valence-electron chi connectivity index (χ4n) is 3.36. The Bertz CT molecular complexity index is 1110. The Hall–Kier alpha value is -3.48. The highest BCUT2D eigenvalue weighted by molar-refractivity contribution is 6.02. The molecule has 1 amide bonds. The van der Waals surface area contributed by atoms with E-state index in [4.69, 9.17) is 4.74 Å². The Morgan fingerprint density at radius 2 is 1.71 bits per heavy atom. The number of nitrogens with zero attached hydrogens (tertiary/aromatic N) is 2. The van der Waals surface area contributed by atoms with E-state index in [0.29, 0.717) is 17.3 Å². The van der Waals surface area contributed by atoms with Crippen LogP contribution in [0.5, 0.6) is 0 Å². The average Bonchev–Trinajstić information content (AvgIpc) is 2.79. The highest BCUT2D eigenvalue weighted by atomic mass is 16.5. The molecule has 1 atom stereocenters. The summed E-state index contributed by atoms with van der Waals surface area (Å²) < 4.78 is 6.54. The van der Waals surface area contributed by atoms with E-state index < -0.39 is 18.5 Å². The van der Waals surface area contributed by atoms with Crippen LogP contribution in [0, 0.1) is 0 Å². The van der Waals surface area contributed by atoms with Gasteiger partial charge in [-0.1, -0.05) is 68.3 Å². The molecule has 1 heterocycles. The smallest absolute Gasteiger partial charge is 0.359 e. The number of esters is 1. The van der Waals surface area contributed by atoms with Crippen LogP contribution in [0.15, 0.2) is 59.4 Å². The molecule has 0 aliphatic carbocycles. The first-order valence-electron chi connectivity index (χ1n) is 10.5. The molecule has 0 spiro atoms. The number of fused-ring (bicyclic) bond motifs is 1. The first kappa shape index (κ1) is 22.2. The Morgan fingerprint density at radius 1 is 1.03 bits per heavy atom. The molecule has 3 aromatic rings. The number of carbonyl (C=O) groups is 2. The normalized spacial score (nSPS) is 11.8. The third-order valence-electron chi connectivity index (χ3n) is 5.05. The molecule has 3 rings (SSSR count). The van der Waals surface area contributed by atoms with Crippen molar-refractivity contribution in [3.8, 4) is 0 Å². The number of aryl methyl sites for hydroxylation is 1. The molecular weight excluding hydrogens is 394 g/mol. The molecule has 0 unspecified atom stereocenters. The predicted octanol–water partition coefficient (Wildman–Crippen LogP) is 3.62. The van der Waals surface area contributed by atoms with Gasteiger partial charge in [-0.15, -0.1) is 0 Å². The monoisotopic (exact) mass is 421 g/mol. The molecule has 0 saturated heterocycles. The number of carbonyl (C=O) groups excluding carboxylic acids is 2. The Kier molecular flexibility index (Phi) is 7.54. The number of amides is 1. The Labute approximate surface area is 181 Å². The lowest BCUT2D eigenvalue weighted by Crippen LogP contribution is -2.32. The SMILES string of the molecule is CCCCCn1nc(C(=O)OCC(=O)N[C@@H](C)c2ccccc2)c2ccccc2c1=O. The summed E-state index contributed by atoms with van der Waals surface area (Å²) in [4.78, 5) is 37.7. The molecule has 7 heteroatoms. The van der Waals surface area contributed by atoms with Crippen molar-refractivity contribution in [2.24, 2.45) is 0 Å². The van der Waals surface area contributed by atoms with E-state index >= 15 is 0 Å². The van der Waals surface area contributed by atoms with Crippen molar-refractivity contribution in [2.45, 2.75) is 45.7 Å². The summed E-state index contributed by atoms with van der Waals surface area (Å²) >= 11 is 0. The number of rotatable bonds is 9. The van der Waals surface area contributed by atoms with Crippen molar-refractivity contribution in [3.63, 3.8) is 0 Å². The Balaban J connectivity index is 1.73. The van der Waals surface area contributed by atoms with Crippen LogP contribution in [-0.2, 0) is 16.1 Å². The predicted molar refractivity (Wildman–Crippen MR) is 119 cm³/mol. The molecule has 1 N–H and O–H groups in total. The molecule has 0 fully saturated rings. The first-order chi connectivity index (χ1) is 15.0. The van der Waals surface area contributed by atoms with Gasteiger partial charge in [-0.2, -0.15) is 5.10 Å². The summed E-state index contributed by atoms with van der Waals surface area (Å²) in [6, 6.07) is 16.1. The van der Waals surface area contributed by atoms with Gasteiger partial charge in [-0.25, -0.2) is 9.48 Å². The van der Waals surface area contributed by atoms with E-state index in [1.807, 2.05) is 37.3 Å². The fourth-order valence-corrected chi connectivity index (χ4v) is 3.36. The number of ether oxygens (including phenoxy) is 1. The number of hydrogen-bond acceptors (Lipinski definition) is 5. The second kappa shape index (κ2) is 10.5. The molecule has 31 heavy (non-hydrogen) atoms. The minimum atomic E-state index is -0.733. The lowest BCUT2D eigenvalue weighted by molar-refractivity contribution is -0.124. The number of aromatic nitrogens is 2. The van der Waals surface area contributed by atoms with E-state index in [1.165, 1.54) is 4.68 Å². The van der Waals surface area contributed by atoms with Gasteiger partial charge >= 0.3 is 5.97 Å². The minimum absolute atomic E-state index is 0.0376. The molecule has 0 aliphatic rings. The molecule has 7 nitrogen and oxygen atoms in total. The van der Waals surface area contributed by atoms with Crippen molar-refractivity contribution in [2.75, 3.05) is 6.61 Å². The van der Waals surface area contributed by atoms with E-state index in [9.17, 15) is 14.4 Å². The van der Waals surface area contributed by atoms with Crippen LogP contribution in [0.25, 0.3) is 10.8 Å². The van der Waals surface area contributed by atoms with Gasteiger partial charge < -0.3 is 10.1 Å². The second-order valence-electron chi connectivity index (χ2n) is 7.41. The van der Waals surface area contributed by atoms with Crippen LogP contribution >= 0.6 is 0 Å². The van der Waals surface area contributed by atoms with E-state index in [0.717, 1.165) is 24.8 Å². The number of hydrogen-bond donors (Lipinski definition) is 1. The van der Waals surface area contributed by atoms with Gasteiger partial charge in [-0.05, 0) is 25.0 Å². The van der Waals surface area contributed by atoms with Crippen LogP contribution in [0.1, 0.15) is 55.2 Å². The largest absolute Gasteiger partial charge is 0.451 e. The molecule has 1 aromatic heterocycles. The van der Waals surface area contributed by atoms with Gasteiger partial charge in [0.25, 0.3) is 11.5 Å². The highest BCUT2D eigenvalue weighted by Crippen LogP contribution is 2.15. The zero-order chi connectivity index (χ0) is 22.2.